The van der Waals surface area contributed by atoms with Gasteiger partial charge in [0.15, 0.2) is 5.82 Å². The summed E-state index contributed by atoms with van der Waals surface area (Å²) in [5.41, 5.74) is 0.830. The minimum atomic E-state index is -3.25. The Hall–Kier alpha value is -1.04. The van der Waals surface area contributed by atoms with Crippen molar-refractivity contribution in [2.24, 2.45) is 5.92 Å². The molecule has 0 aliphatic heterocycles. The minimum absolute atomic E-state index is 0.135. The Morgan fingerprint density at radius 2 is 2.20 bits per heavy atom. The van der Waals surface area contributed by atoms with Gasteiger partial charge in [0, 0.05) is 11.8 Å². The maximum atomic E-state index is 11.5. The van der Waals surface area contributed by atoms with Gasteiger partial charge in [0.1, 0.15) is 0 Å². The van der Waals surface area contributed by atoms with Gasteiger partial charge in [-0.25, -0.2) is 8.42 Å². The van der Waals surface area contributed by atoms with Crippen LogP contribution in [0.15, 0.2) is 6.07 Å². The van der Waals surface area contributed by atoms with Gasteiger partial charge >= 0.3 is 0 Å². The molecule has 0 saturated heterocycles. The highest BCUT2D eigenvalue weighted by atomic mass is 32.2. The van der Waals surface area contributed by atoms with Crippen LogP contribution < -0.4 is 4.72 Å². The SMILES string of the molecule is Cc1cc(NS(=O)(=O)CCC(C)C)n[nH]1. The van der Waals surface area contributed by atoms with Crippen molar-refractivity contribution in [3.63, 3.8) is 0 Å². The van der Waals surface area contributed by atoms with Crippen molar-refractivity contribution in [2.45, 2.75) is 27.2 Å². The molecule has 5 nitrogen and oxygen atoms in total. The minimum Gasteiger partial charge on any atom is -0.281 e. The van der Waals surface area contributed by atoms with Crippen molar-refractivity contribution in [3.05, 3.63) is 11.8 Å². The van der Waals surface area contributed by atoms with Gasteiger partial charge in [0.25, 0.3) is 0 Å². The Labute approximate surface area is 90.3 Å². The van der Waals surface area contributed by atoms with Crippen LogP contribution in [0.1, 0.15) is 26.0 Å². The summed E-state index contributed by atoms with van der Waals surface area (Å²) in [4.78, 5) is 0. The number of hydrogen-bond donors (Lipinski definition) is 2. The Morgan fingerprint density at radius 3 is 2.67 bits per heavy atom. The van der Waals surface area contributed by atoms with Gasteiger partial charge in [0.2, 0.25) is 10.0 Å². The Balaban J connectivity index is 2.57. The molecule has 0 saturated carbocycles. The predicted octanol–water partition coefficient (Wildman–Crippen LogP) is 1.51. The van der Waals surface area contributed by atoms with Crippen molar-refractivity contribution < 1.29 is 8.42 Å². The average Bonchev–Trinajstić information content (AvgIpc) is 2.47. The maximum absolute atomic E-state index is 11.5. The number of aryl methyl sites for hydroxylation is 1. The number of H-pyrrole nitrogens is 1. The van der Waals surface area contributed by atoms with E-state index in [1.54, 1.807) is 6.07 Å². The fraction of sp³-hybridized carbons (Fsp3) is 0.667. The summed E-state index contributed by atoms with van der Waals surface area (Å²) in [6.07, 6.45) is 0.652. The third-order valence-corrected chi connectivity index (χ3v) is 3.22. The van der Waals surface area contributed by atoms with Gasteiger partial charge < -0.3 is 0 Å². The molecule has 1 rings (SSSR count). The molecule has 0 fully saturated rings. The zero-order valence-electron chi connectivity index (χ0n) is 9.24. The first-order chi connectivity index (χ1) is 6.89. The number of nitrogens with zero attached hydrogens (tertiary/aromatic N) is 1. The van der Waals surface area contributed by atoms with E-state index in [4.69, 9.17) is 0 Å². The van der Waals surface area contributed by atoms with Gasteiger partial charge in [-0.15, -0.1) is 0 Å². The van der Waals surface area contributed by atoms with E-state index in [9.17, 15) is 8.42 Å². The molecular formula is C9H17N3O2S. The van der Waals surface area contributed by atoms with Crippen molar-refractivity contribution >= 4 is 15.8 Å². The van der Waals surface area contributed by atoms with Crippen LogP contribution in [0.2, 0.25) is 0 Å². The van der Waals surface area contributed by atoms with E-state index >= 15 is 0 Å². The summed E-state index contributed by atoms with van der Waals surface area (Å²) in [7, 11) is -3.25. The van der Waals surface area contributed by atoms with Crippen molar-refractivity contribution in [1.82, 2.24) is 10.2 Å². The quantitative estimate of drug-likeness (QED) is 0.806. The predicted molar refractivity (Wildman–Crippen MR) is 60.2 cm³/mol. The van der Waals surface area contributed by atoms with Crippen LogP contribution in [0.3, 0.4) is 0 Å². The summed E-state index contributed by atoms with van der Waals surface area (Å²) >= 11 is 0. The first kappa shape index (κ1) is 12.0. The molecule has 1 heterocycles. The summed E-state index contributed by atoms with van der Waals surface area (Å²) in [6, 6.07) is 1.66. The highest BCUT2D eigenvalue weighted by Gasteiger charge is 2.12. The zero-order valence-corrected chi connectivity index (χ0v) is 10.1. The van der Waals surface area contributed by atoms with E-state index in [-0.39, 0.29) is 5.75 Å². The largest absolute Gasteiger partial charge is 0.281 e. The number of aromatic amines is 1. The average molecular weight is 231 g/mol. The van der Waals surface area contributed by atoms with Crippen molar-refractivity contribution in [3.8, 4) is 0 Å². The van der Waals surface area contributed by atoms with Gasteiger partial charge in [0.05, 0.1) is 5.75 Å². The maximum Gasteiger partial charge on any atom is 0.233 e. The molecule has 0 spiro atoms. The smallest absolute Gasteiger partial charge is 0.233 e. The fourth-order valence-electron chi connectivity index (χ4n) is 1.07. The van der Waals surface area contributed by atoms with Gasteiger partial charge in [-0.2, -0.15) is 5.10 Å². The Kier molecular flexibility index (Phi) is 3.73. The molecular weight excluding hydrogens is 214 g/mol. The molecule has 0 aliphatic rings. The van der Waals surface area contributed by atoms with Crippen LogP contribution in [0.5, 0.6) is 0 Å². The summed E-state index contributed by atoms with van der Waals surface area (Å²) in [5.74, 6) is 0.870. The lowest BCUT2D eigenvalue weighted by molar-refractivity contribution is 0.578. The fourth-order valence-corrected chi connectivity index (χ4v) is 2.38. The molecule has 86 valence electrons. The van der Waals surface area contributed by atoms with E-state index in [2.05, 4.69) is 14.9 Å². The third-order valence-electron chi connectivity index (χ3n) is 1.93. The van der Waals surface area contributed by atoms with E-state index in [1.165, 1.54) is 0 Å². The number of hydrogen-bond acceptors (Lipinski definition) is 3. The van der Waals surface area contributed by atoms with Crippen LogP contribution in [-0.2, 0) is 10.0 Å². The molecule has 0 unspecified atom stereocenters. The Bertz CT molecular complexity index is 409. The molecule has 0 radical (unpaired) electrons. The number of rotatable bonds is 5. The molecule has 6 heteroatoms. The molecule has 0 bridgehead atoms. The molecule has 0 amide bonds. The van der Waals surface area contributed by atoms with Gasteiger partial charge in [-0.05, 0) is 19.3 Å². The summed E-state index contributed by atoms with van der Waals surface area (Å²) in [5, 5.41) is 6.49. The van der Waals surface area contributed by atoms with Crippen LogP contribution >= 0.6 is 0 Å². The number of anilines is 1. The Morgan fingerprint density at radius 1 is 1.53 bits per heavy atom. The van der Waals surface area contributed by atoms with Crippen LogP contribution in [0, 0.1) is 12.8 Å². The lowest BCUT2D eigenvalue weighted by Crippen LogP contribution is -2.18. The number of nitrogens with one attached hydrogen (secondary N) is 2. The second-order valence-corrected chi connectivity index (χ2v) is 5.88. The van der Waals surface area contributed by atoms with Crippen LogP contribution in [0.25, 0.3) is 0 Å². The molecule has 1 aromatic rings. The van der Waals surface area contributed by atoms with Gasteiger partial charge in [-0.1, -0.05) is 13.8 Å². The standard InChI is InChI=1S/C9H17N3O2S/c1-7(2)4-5-15(13,14)12-9-6-8(3)10-11-9/h6-7H,4-5H2,1-3H3,(H2,10,11,12). The molecule has 0 aromatic carbocycles. The lowest BCUT2D eigenvalue weighted by Gasteiger charge is -2.06. The molecule has 0 atom stereocenters. The van der Waals surface area contributed by atoms with E-state index in [0.29, 0.717) is 18.2 Å². The monoisotopic (exact) mass is 231 g/mol. The highest BCUT2D eigenvalue weighted by molar-refractivity contribution is 7.92. The molecule has 0 aliphatic carbocycles. The highest BCUT2D eigenvalue weighted by Crippen LogP contribution is 2.09. The summed E-state index contributed by atoms with van der Waals surface area (Å²) < 4.78 is 25.5. The van der Waals surface area contributed by atoms with Crippen LogP contribution in [0.4, 0.5) is 5.82 Å². The van der Waals surface area contributed by atoms with Crippen LogP contribution in [-0.4, -0.2) is 24.4 Å². The zero-order chi connectivity index (χ0) is 11.5. The second-order valence-electron chi connectivity index (χ2n) is 4.04. The lowest BCUT2D eigenvalue weighted by atomic mass is 10.2. The van der Waals surface area contributed by atoms with E-state index < -0.39 is 10.0 Å². The summed E-state index contributed by atoms with van der Waals surface area (Å²) in [6.45, 7) is 5.81. The van der Waals surface area contributed by atoms with Crippen molar-refractivity contribution in [2.75, 3.05) is 10.5 Å². The number of aromatic nitrogens is 2. The molecule has 15 heavy (non-hydrogen) atoms. The molecule has 2 N–H and O–H groups in total. The third kappa shape index (κ3) is 4.33. The van der Waals surface area contributed by atoms with E-state index in [0.717, 1.165) is 5.69 Å². The normalized spacial score (nSPS) is 12.0. The first-order valence-electron chi connectivity index (χ1n) is 4.91. The van der Waals surface area contributed by atoms with Gasteiger partial charge in [-0.3, -0.25) is 9.82 Å². The van der Waals surface area contributed by atoms with Crippen molar-refractivity contribution in [1.29, 1.82) is 0 Å². The number of sulfonamides is 1. The first-order valence-corrected chi connectivity index (χ1v) is 6.57. The topological polar surface area (TPSA) is 74.8 Å². The molecule has 1 aromatic heterocycles. The second kappa shape index (κ2) is 4.65. The van der Waals surface area contributed by atoms with E-state index in [1.807, 2.05) is 20.8 Å².